The van der Waals surface area contributed by atoms with Gasteiger partial charge in [-0.05, 0) is 63.5 Å². The number of methoxy groups -OCH3 is 1. The number of nitrogens with one attached hydrogen (secondary N) is 1. The summed E-state index contributed by atoms with van der Waals surface area (Å²) >= 11 is 15.3. The van der Waals surface area contributed by atoms with Crippen molar-refractivity contribution in [1.29, 1.82) is 0 Å². The zero-order valence-electron chi connectivity index (χ0n) is 15.7. The summed E-state index contributed by atoms with van der Waals surface area (Å²) < 4.78 is 12.0. The van der Waals surface area contributed by atoms with Gasteiger partial charge in [0, 0.05) is 11.2 Å². The smallest absolute Gasteiger partial charge is 0.274 e. The minimum atomic E-state index is -0.460. The number of nitrogens with zero attached hydrogens (tertiary/aromatic N) is 2. The number of rotatable bonds is 7. The van der Waals surface area contributed by atoms with Crippen molar-refractivity contribution in [3.8, 4) is 11.5 Å². The number of carbonyl (C=O) groups excluding carboxylic acids is 1. The van der Waals surface area contributed by atoms with E-state index in [0.29, 0.717) is 33.2 Å². The highest BCUT2D eigenvalue weighted by Crippen LogP contribution is 2.36. The summed E-state index contributed by atoms with van der Waals surface area (Å²) in [5, 5.41) is 4.74. The monoisotopic (exact) mass is 507 g/mol. The Morgan fingerprint density at radius 1 is 1.23 bits per heavy atom. The average Bonchev–Trinajstić information content (AvgIpc) is 2.74. The first kappa shape index (κ1) is 22.1. The predicted octanol–water partition coefficient (Wildman–Crippen LogP) is 5.50. The number of pyridine rings is 1. The van der Waals surface area contributed by atoms with Crippen LogP contribution in [0.15, 0.2) is 64.3 Å². The van der Waals surface area contributed by atoms with Crippen LogP contribution in [-0.4, -0.2) is 24.2 Å². The Bertz CT molecular complexity index is 1080. The molecule has 6 nitrogen and oxygen atoms in total. The van der Waals surface area contributed by atoms with Crippen LogP contribution in [0.4, 0.5) is 0 Å². The third kappa shape index (κ3) is 5.72. The molecular weight excluding hydrogens is 493 g/mol. The second kappa shape index (κ2) is 10.4. The van der Waals surface area contributed by atoms with Crippen molar-refractivity contribution >= 4 is 51.3 Å². The molecule has 0 atom stereocenters. The summed E-state index contributed by atoms with van der Waals surface area (Å²) in [6, 6.07) is 14.1. The van der Waals surface area contributed by atoms with Crippen LogP contribution in [0, 0.1) is 0 Å². The van der Waals surface area contributed by atoms with E-state index in [9.17, 15) is 4.79 Å². The number of hydrazone groups is 1. The van der Waals surface area contributed by atoms with E-state index in [2.05, 4.69) is 31.4 Å². The second-order valence-corrected chi connectivity index (χ2v) is 7.64. The molecule has 3 rings (SSSR count). The normalized spacial score (nSPS) is 10.8. The minimum absolute atomic E-state index is 0.108. The first-order chi connectivity index (χ1) is 14.5. The average molecular weight is 509 g/mol. The highest BCUT2D eigenvalue weighted by Gasteiger charge is 2.12. The number of ether oxygens (including phenoxy) is 2. The van der Waals surface area contributed by atoms with Crippen molar-refractivity contribution in [2.45, 2.75) is 6.61 Å². The Kier molecular flexibility index (Phi) is 7.68. The summed E-state index contributed by atoms with van der Waals surface area (Å²) in [5.41, 5.74) is 4.31. The molecule has 1 N–H and O–H groups in total. The van der Waals surface area contributed by atoms with Crippen molar-refractivity contribution in [1.82, 2.24) is 10.4 Å². The molecule has 154 valence electrons. The summed E-state index contributed by atoms with van der Waals surface area (Å²) in [6.45, 7) is 0.349. The van der Waals surface area contributed by atoms with E-state index in [1.165, 1.54) is 12.4 Å². The van der Waals surface area contributed by atoms with E-state index in [1.54, 1.807) is 43.5 Å². The van der Waals surface area contributed by atoms with Gasteiger partial charge in [-0.1, -0.05) is 35.3 Å². The van der Waals surface area contributed by atoms with Gasteiger partial charge in [0.15, 0.2) is 11.5 Å². The first-order valence-corrected chi connectivity index (χ1v) is 10.2. The van der Waals surface area contributed by atoms with Gasteiger partial charge in [-0.3, -0.25) is 4.79 Å². The Morgan fingerprint density at radius 3 is 2.70 bits per heavy atom. The molecule has 0 aliphatic rings. The first-order valence-electron chi connectivity index (χ1n) is 8.66. The van der Waals surface area contributed by atoms with E-state index < -0.39 is 5.91 Å². The lowest BCUT2D eigenvalue weighted by Crippen LogP contribution is -2.18. The maximum Gasteiger partial charge on any atom is 0.274 e. The van der Waals surface area contributed by atoms with Gasteiger partial charge in [0.1, 0.15) is 11.8 Å². The Labute approximate surface area is 192 Å². The van der Waals surface area contributed by atoms with Crippen LogP contribution < -0.4 is 14.9 Å². The fraction of sp³-hybridized carbons (Fsp3) is 0.0952. The molecule has 2 aromatic carbocycles. The van der Waals surface area contributed by atoms with Gasteiger partial charge in [0.2, 0.25) is 0 Å². The number of halogens is 3. The largest absolute Gasteiger partial charge is 0.493 e. The van der Waals surface area contributed by atoms with Crippen molar-refractivity contribution in [2.24, 2.45) is 5.10 Å². The molecule has 0 saturated carbocycles. The molecule has 1 amide bonds. The number of aromatic nitrogens is 1. The molecule has 0 fully saturated rings. The predicted molar refractivity (Wildman–Crippen MR) is 121 cm³/mol. The molecule has 0 saturated heterocycles. The molecule has 30 heavy (non-hydrogen) atoms. The number of hydrogen-bond acceptors (Lipinski definition) is 5. The van der Waals surface area contributed by atoms with Gasteiger partial charge in [-0.15, -0.1) is 0 Å². The van der Waals surface area contributed by atoms with Gasteiger partial charge in [0.25, 0.3) is 5.91 Å². The topological polar surface area (TPSA) is 72.8 Å². The molecule has 3 aromatic rings. The molecule has 0 unspecified atom stereocenters. The molecule has 0 bridgehead atoms. The molecule has 0 radical (unpaired) electrons. The maximum atomic E-state index is 12.1. The number of carbonyl (C=O) groups is 1. The fourth-order valence-corrected chi connectivity index (χ4v) is 3.38. The molecule has 9 heteroatoms. The van der Waals surface area contributed by atoms with Crippen LogP contribution in [0.2, 0.25) is 10.2 Å². The second-order valence-electron chi connectivity index (χ2n) is 5.99. The molecule has 1 heterocycles. The van der Waals surface area contributed by atoms with E-state index in [0.717, 1.165) is 5.56 Å². The minimum Gasteiger partial charge on any atom is -0.493 e. The van der Waals surface area contributed by atoms with Gasteiger partial charge < -0.3 is 9.47 Å². The number of amides is 1. The van der Waals surface area contributed by atoms with Gasteiger partial charge >= 0.3 is 0 Å². The van der Waals surface area contributed by atoms with Crippen molar-refractivity contribution in [2.75, 3.05) is 7.11 Å². The van der Waals surface area contributed by atoms with Crippen molar-refractivity contribution in [3.63, 3.8) is 0 Å². The van der Waals surface area contributed by atoms with E-state index in [1.807, 2.05) is 12.1 Å². The quantitative estimate of drug-likeness (QED) is 0.260. The van der Waals surface area contributed by atoms with Crippen molar-refractivity contribution < 1.29 is 14.3 Å². The molecule has 0 spiro atoms. The van der Waals surface area contributed by atoms with Gasteiger partial charge in [-0.2, -0.15) is 5.10 Å². The van der Waals surface area contributed by atoms with Crippen LogP contribution in [0.25, 0.3) is 0 Å². The van der Waals surface area contributed by atoms with E-state index >= 15 is 0 Å². The Hall–Kier alpha value is -2.61. The van der Waals surface area contributed by atoms with Crippen LogP contribution in [-0.2, 0) is 6.61 Å². The van der Waals surface area contributed by atoms with Crippen LogP contribution in [0.3, 0.4) is 0 Å². The van der Waals surface area contributed by atoms with Gasteiger partial charge in [-0.25, -0.2) is 10.4 Å². The number of hydrogen-bond donors (Lipinski definition) is 1. The fourth-order valence-electron chi connectivity index (χ4n) is 2.47. The lowest BCUT2D eigenvalue weighted by molar-refractivity contribution is 0.0955. The zero-order chi connectivity index (χ0) is 21.5. The number of benzene rings is 2. The molecule has 0 aliphatic carbocycles. The lowest BCUT2D eigenvalue weighted by atomic mass is 10.2. The molecular formula is C21H16BrCl2N3O3. The lowest BCUT2D eigenvalue weighted by Gasteiger charge is -2.13. The highest BCUT2D eigenvalue weighted by atomic mass is 79.9. The Balaban J connectivity index is 1.70. The Morgan fingerprint density at radius 2 is 2.00 bits per heavy atom. The maximum absolute atomic E-state index is 12.1. The van der Waals surface area contributed by atoms with Crippen LogP contribution >= 0.6 is 39.1 Å². The van der Waals surface area contributed by atoms with Crippen LogP contribution in [0.5, 0.6) is 11.5 Å². The zero-order valence-corrected chi connectivity index (χ0v) is 18.8. The third-order valence-corrected chi connectivity index (χ3v) is 5.07. The van der Waals surface area contributed by atoms with E-state index in [-0.39, 0.29) is 10.7 Å². The van der Waals surface area contributed by atoms with Crippen molar-refractivity contribution in [3.05, 3.63) is 86.1 Å². The van der Waals surface area contributed by atoms with Gasteiger partial charge in [0.05, 0.1) is 23.4 Å². The van der Waals surface area contributed by atoms with E-state index in [4.69, 9.17) is 32.7 Å². The summed E-state index contributed by atoms with van der Waals surface area (Å²) in [4.78, 5) is 16.0. The summed E-state index contributed by atoms with van der Waals surface area (Å²) in [6.07, 6.45) is 2.99. The van der Waals surface area contributed by atoms with Crippen LogP contribution in [0.1, 0.15) is 21.5 Å². The molecule has 1 aromatic heterocycles. The highest BCUT2D eigenvalue weighted by molar-refractivity contribution is 9.10. The summed E-state index contributed by atoms with van der Waals surface area (Å²) in [7, 11) is 1.55. The summed E-state index contributed by atoms with van der Waals surface area (Å²) in [5.74, 6) is 0.607. The third-order valence-electron chi connectivity index (χ3n) is 3.93. The standard InChI is InChI=1S/C21H16BrCl2N3O3/c1-29-18-10-14(11-26-27-21(28)16-3-2-8-25-20(16)24)9-17(22)19(18)30-12-13-4-6-15(23)7-5-13/h2-11H,12H2,1H3,(H,27,28). The SMILES string of the molecule is COc1cc(C=NNC(=O)c2cccnc2Cl)cc(Br)c1OCc1ccc(Cl)cc1. The molecule has 0 aliphatic heterocycles.